The first-order valence-electron chi connectivity index (χ1n) is 9.31. The molecule has 4 rings (SSSR count). The summed E-state index contributed by atoms with van der Waals surface area (Å²) in [5.41, 5.74) is 1.31. The van der Waals surface area contributed by atoms with Crippen molar-refractivity contribution in [1.82, 2.24) is 24.9 Å². The van der Waals surface area contributed by atoms with Gasteiger partial charge in [-0.25, -0.2) is 4.98 Å². The number of anilines is 1. The van der Waals surface area contributed by atoms with E-state index < -0.39 is 0 Å². The molecule has 8 heteroatoms. The van der Waals surface area contributed by atoms with Crippen LogP contribution in [0, 0.1) is 5.92 Å². The normalized spacial score (nSPS) is 16.8. The maximum atomic E-state index is 13.2. The molecule has 144 valence electrons. The molecular formula is C20H21ClN6O. The number of pyridine rings is 1. The first kappa shape index (κ1) is 18.4. The Hall–Kier alpha value is -2.93. The number of hydrogen-bond donors (Lipinski definition) is 1. The molecular weight excluding hydrogens is 376 g/mol. The highest BCUT2D eigenvalue weighted by Gasteiger charge is 2.26. The second kappa shape index (κ2) is 8.39. The number of rotatable bonds is 5. The summed E-state index contributed by atoms with van der Waals surface area (Å²) in [6.07, 6.45) is 6.89. The van der Waals surface area contributed by atoms with E-state index in [1.165, 1.54) is 4.80 Å². The molecule has 0 bridgehead atoms. The number of piperidine rings is 1. The number of hydrogen-bond acceptors (Lipinski definition) is 5. The highest BCUT2D eigenvalue weighted by molar-refractivity contribution is 6.30. The maximum absolute atomic E-state index is 13.2. The Morgan fingerprint density at radius 1 is 1.18 bits per heavy atom. The van der Waals surface area contributed by atoms with Gasteiger partial charge in [-0.15, -0.1) is 0 Å². The summed E-state index contributed by atoms with van der Waals surface area (Å²) in [5.74, 6) is 1.18. The Kier molecular flexibility index (Phi) is 5.53. The van der Waals surface area contributed by atoms with Crippen LogP contribution < -0.4 is 5.32 Å². The van der Waals surface area contributed by atoms with Crippen LogP contribution in [-0.2, 0) is 0 Å². The minimum Gasteiger partial charge on any atom is -0.370 e. The summed E-state index contributed by atoms with van der Waals surface area (Å²) in [7, 11) is 0. The zero-order valence-corrected chi connectivity index (χ0v) is 16.1. The number of benzene rings is 1. The van der Waals surface area contributed by atoms with Crippen molar-refractivity contribution >= 4 is 23.3 Å². The van der Waals surface area contributed by atoms with Gasteiger partial charge >= 0.3 is 0 Å². The predicted octanol–water partition coefficient (Wildman–Crippen LogP) is 3.28. The molecule has 0 radical (unpaired) electrons. The van der Waals surface area contributed by atoms with Crippen molar-refractivity contribution < 1.29 is 4.79 Å². The lowest BCUT2D eigenvalue weighted by Gasteiger charge is -2.33. The molecule has 1 saturated heterocycles. The number of nitrogens with zero attached hydrogens (tertiary/aromatic N) is 5. The molecule has 0 unspecified atom stereocenters. The van der Waals surface area contributed by atoms with Crippen LogP contribution >= 0.6 is 11.6 Å². The Balaban J connectivity index is 1.43. The third kappa shape index (κ3) is 4.14. The summed E-state index contributed by atoms with van der Waals surface area (Å²) >= 11 is 5.88. The van der Waals surface area contributed by atoms with Gasteiger partial charge in [-0.05, 0) is 43.0 Å². The number of carbonyl (C=O) groups is 1. The van der Waals surface area contributed by atoms with E-state index in [2.05, 4.69) is 20.5 Å². The quantitative estimate of drug-likeness (QED) is 0.716. The Morgan fingerprint density at radius 3 is 2.79 bits per heavy atom. The molecule has 1 aliphatic rings. The van der Waals surface area contributed by atoms with Crippen LogP contribution in [0.5, 0.6) is 0 Å². The molecule has 2 aromatic heterocycles. The molecule has 1 N–H and O–H groups in total. The molecule has 7 nitrogen and oxygen atoms in total. The standard InChI is InChI=1S/C20H21ClN6O/c21-16-7-8-19(23-13-16)22-12-15-4-3-11-26(14-15)20(28)17-5-1-2-6-18(17)27-24-9-10-25-27/h1-2,5-10,13,15H,3-4,11-12,14H2,(H,22,23)/t15-/m0/s1. The van der Waals surface area contributed by atoms with Crippen molar-refractivity contribution in [1.29, 1.82) is 0 Å². The maximum Gasteiger partial charge on any atom is 0.256 e. The molecule has 1 aliphatic heterocycles. The summed E-state index contributed by atoms with van der Waals surface area (Å²) in [5, 5.41) is 12.3. The smallest absolute Gasteiger partial charge is 0.256 e. The van der Waals surface area contributed by atoms with Crippen LogP contribution in [0.15, 0.2) is 55.0 Å². The van der Waals surface area contributed by atoms with Gasteiger partial charge in [0.05, 0.1) is 28.7 Å². The van der Waals surface area contributed by atoms with Crippen LogP contribution in [0.4, 0.5) is 5.82 Å². The third-order valence-electron chi connectivity index (χ3n) is 4.87. The van der Waals surface area contributed by atoms with Gasteiger partial charge in [0, 0.05) is 25.8 Å². The van der Waals surface area contributed by atoms with E-state index in [0.717, 1.165) is 31.7 Å². The number of carbonyl (C=O) groups excluding carboxylic acids is 1. The van der Waals surface area contributed by atoms with E-state index in [-0.39, 0.29) is 5.91 Å². The zero-order chi connectivity index (χ0) is 19.3. The average molecular weight is 397 g/mol. The van der Waals surface area contributed by atoms with Crippen molar-refractivity contribution in [2.45, 2.75) is 12.8 Å². The first-order valence-corrected chi connectivity index (χ1v) is 9.69. The molecule has 1 amide bonds. The topological polar surface area (TPSA) is 75.9 Å². The number of nitrogens with one attached hydrogen (secondary N) is 1. The van der Waals surface area contributed by atoms with Gasteiger partial charge in [0.15, 0.2) is 0 Å². The summed E-state index contributed by atoms with van der Waals surface area (Å²) < 4.78 is 0. The van der Waals surface area contributed by atoms with Gasteiger partial charge in [-0.3, -0.25) is 4.79 Å². The van der Waals surface area contributed by atoms with Crippen LogP contribution in [0.1, 0.15) is 23.2 Å². The third-order valence-corrected chi connectivity index (χ3v) is 5.10. The largest absolute Gasteiger partial charge is 0.370 e. The van der Waals surface area contributed by atoms with Gasteiger partial charge in [0.2, 0.25) is 0 Å². The number of aromatic nitrogens is 4. The Morgan fingerprint density at radius 2 is 2.00 bits per heavy atom. The average Bonchev–Trinajstić information content (AvgIpc) is 3.28. The van der Waals surface area contributed by atoms with Gasteiger partial charge in [0.25, 0.3) is 5.91 Å². The summed E-state index contributed by atoms with van der Waals surface area (Å²) in [6.45, 7) is 2.23. The Labute approximate surface area is 168 Å². The minimum atomic E-state index is 0.0159. The summed E-state index contributed by atoms with van der Waals surface area (Å²) in [6, 6.07) is 11.1. The summed E-state index contributed by atoms with van der Waals surface area (Å²) in [4.78, 5) is 20.9. The van der Waals surface area contributed by atoms with Crippen LogP contribution in [0.25, 0.3) is 5.69 Å². The van der Waals surface area contributed by atoms with Crippen LogP contribution in [-0.4, -0.2) is 50.4 Å². The molecule has 1 fully saturated rings. The molecule has 0 spiro atoms. The van der Waals surface area contributed by atoms with Crippen LogP contribution in [0.2, 0.25) is 5.02 Å². The van der Waals surface area contributed by atoms with Crippen molar-refractivity contribution in [3.63, 3.8) is 0 Å². The number of likely N-dealkylation sites (tertiary alicyclic amines) is 1. The predicted molar refractivity (Wildman–Crippen MR) is 108 cm³/mol. The van der Waals surface area contributed by atoms with E-state index in [1.54, 1.807) is 18.6 Å². The van der Waals surface area contributed by atoms with Crippen molar-refractivity contribution in [3.05, 3.63) is 65.6 Å². The van der Waals surface area contributed by atoms with E-state index in [9.17, 15) is 4.79 Å². The first-order chi connectivity index (χ1) is 13.7. The number of halogens is 1. The highest BCUT2D eigenvalue weighted by Crippen LogP contribution is 2.22. The molecule has 0 saturated carbocycles. The van der Waals surface area contributed by atoms with E-state index >= 15 is 0 Å². The van der Waals surface area contributed by atoms with Gasteiger partial charge in [-0.2, -0.15) is 15.0 Å². The minimum absolute atomic E-state index is 0.0159. The Bertz CT molecular complexity index is 928. The van der Waals surface area contributed by atoms with Gasteiger partial charge in [-0.1, -0.05) is 23.7 Å². The second-order valence-corrected chi connectivity index (χ2v) is 7.27. The van der Waals surface area contributed by atoms with E-state index in [0.29, 0.717) is 28.7 Å². The zero-order valence-electron chi connectivity index (χ0n) is 15.3. The van der Waals surface area contributed by atoms with Crippen molar-refractivity contribution in [2.24, 2.45) is 5.92 Å². The monoisotopic (exact) mass is 396 g/mol. The molecule has 1 atom stereocenters. The fourth-order valence-electron chi connectivity index (χ4n) is 3.48. The lowest BCUT2D eigenvalue weighted by Crippen LogP contribution is -2.42. The SMILES string of the molecule is O=C(c1ccccc1-n1nccn1)N1CCC[C@@H](CNc2ccc(Cl)cn2)C1. The molecule has 0 aliphatic carbocycles. The van der Waals surface area contributed by atoms with Crippen molar-refractivity contribution in [3.8, 4) is 5.69 Å². The van der Waals surface area contributed by atoms with Gasteiger partial charge < -0.3 is 10.2 Å². The lowest BCUT2D eigenvalue weighted by molar-refractivity contribution is 0.0680. The van der Waals surface area contributed by atoms with E-state index in [4.69, 9.17) is 11.6 Å². The highest BCUT2D eigenvalue weighted by atomic mass is 35.5. The lowest BCUT2D eigenvalue weighted by atomic mass is 9.97. The fourth-order valence-corrected chi connectivity index (χ4v) is 3.60. The van der Waals surface area contributed by atoms with E-state index in [1.807, 2.05) is 41.3 Å². The molecule has 28 heavy (non-hydrogen) atoms. The van der Waals surface area contributed by atoms with Crippen LogP contribution in [0.3, 0.4) is 0 Å². The fraction of sp³-hybridized carbons (Fsp3) is 0.300. The molecule has 1 aromatic carbocycles. The molecule has 3 heterocycles. The van der Waals surface area contributed by atoms with Gasteiger partial charge in [0.1, 0.15) is 5.82 Å². The second-order valence-electron chi connectivity index (χ2n) is 6.84. The molecule has 3 aromatic rings. The number of para-hydroxylation sites is 1. The number of amides is 1. The van der Waals surface area contributed by atoms with Crippen molar-refractivity contribution in [2.75, 3.05) is 25.0 Å².